The third-order valence-electron chi connectivity index (χ3n) is 4.13. The molecule has 1 aromatic heterocycles. The first-order chi connectivity index (χ1) is 12.2. The van der Waals surface area contributed by atoms with Crippen LogP contribution in [-0.2, 0) is 4.74 Å². The van der Waals surface area contributed by atoms with E-state index in [1.807, 2.05) is 36.4 Å². The highest BCUT2D eigenvalue weighted by atomic mass is 16.5. The highest BCUT2D eigenvalue weighted by Crippen LogP contribution is 2.26. The van der Waals surface area contributed by atoms with Gasteiger partial charge in [0.25, 0.3) is 0 Å². The predicted octanol–water partition coefficient (Wildman–Crippen LogP) is 4.03. The Kier molecular flexibility index (Phi) is 5.33. The molecule has 1 aliphatic rings. The van der Waals surface area contributed by atoms with E-state index in [2.05, 4.69) is 4.98 Å². The minimum absolute atomic E-state index is 0.174. The number of aromatic nitrogens is 1. The third-order valence-corrected chi connectivity index (χ3v) is 4.13. The summed E-state index contributed by atoms with van der Waals surface area (Å²) in [6.07, 6.45) is 6.72. The van der Waals surface area contributed by atoms with Gasteiger partial charge < -0.3 is 14.2 Å². The molecular weight excluding hydrogens is 318 g/mol. The van der Waals surface area contributed by atoms with Crippen LogP contribution in [0.2, 0.25) is 0 Å². The number of carbonyl (C=O) groups is 1. The largest absolute Gasteiger partial charge is 0.497 e. The van der Waals surface area contributed by atoms with Gasteiger partial charge in [0.2, 0.25) is 5.88 Å². The zero-order valence-electron chi connectivity index (χ0n) is 14.4. The minimum Gasteiger partial charge on any atom is -0.497 e. The van der Waals surface area contributed by atoms with E-state index in [0.717, 1.165) is 30.6 Å². The molecule has 130 valence electrons. The highest BCUT2D eigenvalue weighted by Gasteiger charge is 2.20. The molecule has 0 fully saturated rings. The topological polar surface area (TPSA) is 57.7 Å². The fourth-order valence-electron chi connectivity index (χ4n) is 2.75. The van der Waals surface area contributed by atoms with E-state index in [-0.39, 0.29) is 12.0 Å². The van der Waals surface area contributed by atoms with Crippen LogP contribution in [0.15, 0.2) is 48.6 Å². The van der Waals surface area contributed by atoms with E-state index in [9.17, 15) is 4.79 Å². The van der Waals surface area contributed by atoms with Gasteiger partial charge in [0.1, 0.15) is 17.4 Å². The molecule has 1 atom stereocenters. The van der Waals surface area contributed by atoms with Crippen molar-refractivity contribution < 1.29 is 19.0 Å². The Morgan fingerprint density at radius 1 is 1.08 bits per heavy atom. The number of rotatable bonds is 5. The number of nitrogens with zero attached hydrogens (tertiary/aromatic N) is 1. The Bertz CT molecular complexity index is 768. The number of hydrogen-bond donors (Lipinski definition) is 0. The minimum atomic E-state index is -0.415. The van der Waals surface area contributed by atoms with Crippen molar-refractivity contribution in [1.82, 2.24) is 4.98 Å². The van der Waals surface area contributed by atoms with Gasteiger partial charge in [-0.2, -0.15) is 0 Å². The van der Waals surface area contributed by atoms with Crippen LogP contribution in [-0.4, -0.2) is 31.3 Å². The fourth-order valence-corrected chi connectivity index (χ4v) is 2.75. The molecule has 1 heterocycles. The maximum absolute atomic E-state index is 12.4. The van der Waals surface area contributed by atoms with Crippen molar-refractivity contribution in [3.05, 3.63) is 54.1 Å². The van der Waals surface area contributed by atoms with Gasteiger partial charge in [0, 0.05) is 5.56 Å². The summed E-state index contributed by atoms with van der Waals surface area (Å²) >= 11 is 0. The van der Waals surface area contributed by atoms with Gasteiger partial charge >= 0.3 is 5.97 Å². The molecule has 0 saturated carbocycles. The van der Waals surface area contributed by atoms with Crippen LogP contribution in [0.4, 0.5) is 0 Å². The Morgan fingerprint density at radius 2 is 1.88 bits per heavy atom. The molecule has 25 heavy (non-hydrogen) atoms. The number of esters is 1. The van der Waals surface area contributed by atoms with E-state index in [1.54, 1.807) is 19.2 Å². The van der Waals surface area contributed by atoms with E-state index in [0.29, 0.717) is 11.3 Å². The molecule has 5 heteroatoms. The van der Waals surface area contributed by atoms with Gasteiger partial charge in [-0.05, 0) is 61.7 Å². The van der Waals surface area contributed by atoms with Gasteiger partial charge in [-0.3, -0.25) is 0 Å². The summed E-state index contributed by atoms with van der Waals surface area (Å²) in [5.41, 5.74) is 1.96. The van der Waals surface area contributed by atoms with Crippen molar-refractivity contribution in [1.29, 1.82) is 0 Å². The molecule has 0 radical (unpaired) electrons. The molecule has 0 N–H and O–H groups in total. The smallest absolute Gasteiger partial charge is 0.344 e. The molecule has 0 spiro atoms. The number of carbonyl (C=O) groups excluding carboxylic acids is 1. The molecule has 0 aliphatic heterocycles. The van der Waals surface area contributed by atoms with Crippen molar-refractivity contribution in [2.45, 2.75) is 25.4 Å². The Morgan fingerprint density at radius 3 is 2.52 bits per heavy atom. The molecule has 1 aliphatic carbocycles. The zero-order chi connectivity index (χ0) is 17.6. The van der Waals surface area contributed by atoms with Gasteiger partial charge in [-0.15, -0.1) is 0 Å². The number of benzene rings is 1. The van der Waals surface area contributed by atoms with Crippen LogP contribution in [0, 0.1) is 0 Å². The zero-order valence-corrected chi connectivity index (χ0v) is 14.4. The molecule has 0 saturated heterocycles. The van der Waals surface area contributed by atoms with Crippen LogP contribution in [0.25, 0.3) is 11.3 Å². The van der Waals surface area contributed by atoms with Crippen molar-refractivity contribution in [2.24, 2.45) is 0 Å². The number of methoxy groups -OCH3 is 2. The van der Waals surface area contributed by atoms with Gasteiger partial charge in [-0.1, -0.05) is 6.08 Å². The van der Waals surface area contributed by atoms with E-state index in [4.69, 9.17) is 14.2 Å². The number of pyridine rings is 1. The summed E-state index contributed by atoms with van der Waals surface area (Å²) < 4.78 is 16.0. The Hall–Kier alpha value is -2.82. The Balaban J connectivity index is 1.82. The van der Waals surface area contributed by atoms with Crippen LogP contribution in [0.3, 0.4) is 0 Å². The molecule has 2 aromatic rings. The van der Waals surface area contributed by atoms with Crippen LogP contribution in [0.5, 0.6) is 11.6 Å². The molecule has 0 amide bonds. The van der Waals surface area contributed by atoms with Gasteiger partial charge in [0.05, 0.1) is 19.9 Å². The SMILES string of the molecule is COc1ccc(-c2ccc(C(=O)OC3C=CCCC3)c(OC)n2)cc1. The number of allylic oxidation sites excluding steroid dienone is 1. The summed E-state index contributed by atoms with van der Waals surface area (Å²) in [5.74, 6) is 0.622. The summed E-state index contributed by atoms with van der Waals surface area (Å²) in [5, 5.41) is 0. The quantitative estimate of drug-likeness (QED) is 0.608. The van der Waals surface area contributed by atoms with Crippen molar-refractivity contribution in [3.8, 4) is 22.9 Å². The first kappa shape index (κ1) is 17.0. The average Bonchev–Trinajstić information content (AvgIpc) is 2.68. The lowest BCUT2D eigenvalue weighted by Crippen LogP contribution is -2.18. The Labute approximate surface area is 147 Å². The first-order valence-corrected chi connectivity index (χ1v) is 8.28. The van der Waals surface area contributed by atoms with Crippen molar-refractivity contribution in [3.63, 3.8) is 0 Å². The standard InChI is InChI=1S/C20H21NO4/c1-23-15-10-8-14(9-11-15)18-13-12-17(19(21-18)24-2)20(22)25-16-6-4-3-5-7-16/h4,6,8-13,16H,3,5,7H2,1-2H3. The van der Waals surface area contributed by atoms with Gasteiger partial charge in [0.15, 0.2) is 0 Å². The second-order valence-corrected chi connectivity index (χ2v) is 5.78. The van der Waals surface area contributed by atoms with Gasteiger partial charge in [-0.25, -0.2) is 9.78 Å². The van der Waals surface area contributed by atoms with E-state index < -0.39 is 5.97 Å². The molecule has 1 unspecified atom stereocenters. The maximum atomic E-state index is 12.4. The summed E-state index contributed by atoms with van der Waals surface area (Å²) in [6.45, 7) is 0. The van der Waals surface area contributed by atoms with Crippen molar-refractivity contribution in [2.75, 3.05) is 14.2 Å². The predicted molar refractivity (Wildman–Crippen MR) is 95.0 cm³/mol. The third kappa shape index (κ3) is 3.99. The average molecular weight is 339 g/mol. The lowest BCUT2D eigenvalue weighted by atomic mass is 10.1. The number of ether oxygens (including phenoxy) is 3. The van der Waals surface area contributed by atoms with Crippen LogP contribution < -0.4 is 9.47 Å². The maximum Gasteiger partial charge on any atom is 0.344 e. The molecular formula is C20H21NO4. The molecule has 5 nitrogen and oxygen atoms in total. The normalized spacial score (nSPS) is 16.3. The van der Waals surface area contributed by atoms with E-state index in [1.165, 1.54) is 7.11 Å². The molecule has 0 bridgehead atoms. The second kappa shape index (κ2) is 7.83. The molecule has 3 rings (SSSR count). The van der Waals surface area contributed by atoms with Crippen LogP contribution >= 0.6 is 0 Å². The highest BCUT2D eigenvalue weighted by molar-refractivity contribution is 5.92. The van der Waals surface area contributed by atoms with E-state index >= 15 is 0 Å². The second-order valence-electron chi connectivity index (χ2n) is 5.78. The first-order valence-electron chi connectivity index (χ1n) is 8.28. The summed E-state index contributed by atoms with van der Waals surface area (Å²) in [6, 6.07) is 11.0. The lowest BCUT2D eigenvalue weighted by molar-refractivity contribution is 0.0365. The lowest BCUT2D eigenvalue weighted by Gasteiger charge is -2.18. The van der Waals surface area contributed by atoms with Crippen LogP contribution in [0.1, 0.15) is 29.6 Å². The molecule has 1 aromatic carbocycles. The fraction of sp³-hybridized carbons (Fsp3) is 0.300. The summed E-state index contributed by atoms with van der Waals surface area (Å²) in [7, 11) is 3.12. The number of hydrogen-bond acceptors (Lipinski definition) is 5. The van der Waals surface area contributed by atoms with Crippen molar-refractivity contribution >= 4 is 5.97 Å². The summed E-state index contributed by atoms with van der Waals surface area (Å²) in [4.78, 5) is 16.9. The monoisotopic (exact) mass is 339 g/mol.